The molecule has 0 heterocycles. The number of anilines is 1. The maximum absolute atomic E-state index is 11.9. The van der Waals surface area contributed by atoms with E-state index in [0.717, 1.165) is 18.4 Å². The van der Waals surface area contributed by atoms with Crippen molar-refractivity contribution < 1.29 is 14.3 Å². The smallest absolute Gasteiger partial charge is 0.233 e. The molecule has 2 N–H and O–H groups in total. The van der Waals surface area contributed by atoms with Crippen molar-refractivity contribution in [1.29, 1.82) is 0 Å². The van der Waals surface area contributed by atoms with E-state index >= 15 is 0 Å². The van der Waals surface area contributed by atoms with Crippen molar-refractivity contribution in [2.75, 3.05) is 11.9 Å². The quantitative estimate of drug-likeness (QED) is 0.511. The molecule has 26 heavy (non-hydrogen) atoms. The Morgan fingerprint density at radius 1 is 1.00 bits per heavy atom. The van der Waals surface area contributed by atoms with Gasteiger partial charge in [-0.1, -0.05) is 37.1 Å². The van der Waals surface area contributed by atoms with E-state index in [0.29, 0.717) is 29.6 Å². The number of ether oxygens (including phenoxy) is 1. The summed E-state index contributed by atoms with van der Waals surface area (Å²) in [6.07, 6.45) is 1.72. The largest absolute Gasteiger partial charge is 0.489 e. The molecule has 138 valence electrons. The lowest BCUT2D eigenvalue weighted by Crippen LogP contribution is -2.28. The van der Waals surface area contributed by atoms with E-state index in [1.54, 1.807) is 24.3 Å². The minimum Gasteiger partial charge on any atom is -0.489 e. The highest BCUT2D eigenvalue weighted by Crippen LogP contribution is 2.18. The third-order valence-electron chi connectivity index (χ3n) is 3.63. The van der Waals surface area contributed by atoms with Gasteiger partial charge in [-0.25, -0.2) is 0 Å². The molecule has 2 amide bonds. The minimum atomic E-state index is -0.339. The predicted octanol–water partition coefficient (Wildman–Crippen LogP) is 4.16. The summed E-state index contributed by atoms with van der Waals surface area (Å²) < 4.78 is 5.69. The Balaban J connectivity index is 1.76. The monoisotopic (exact) mass is 374 g/mol. The Bertz CT molecular complexity index is 715. The second kappa shape index (κ2) is 10.5. The van der Waals surface area contributed by atoms with Crippen LogP contribution in [0, 0.1) is 0 Å². The molecular weight excluding hydrogens is 352 g/mol. The molecule has 2 rings (SSSR count). The Kier molecular flexibility index (Phi) is 7.96. The second-order valence-electron chi connectivity index (χ2n) is 5.87. The molecule has 0 aliphatic heterocycles. The van der Waals surface area contributed by atoms with Crippen LogP contribution >= 0.6 is 11.6 Å². The summed E-state index contributed by atoms with van der Waals surface area (Å²) in [7, 11) is 0. The molecule has 0 aliphatic carbocycles. The van der Waals surface area contributed by atoms with Crippen LogP contribution in [0.1, 0.15) is 31.7 Å². The SMILES string of the molecule is CCCCNC(=O)CC(=O)Nc1ccc(OCc2ccc(Cl)cc2)cc1. The van der Waals surface area contributed by atoms with Crippen LogP contribution in [0.3, 0.4) is 0 Å². The first-order valence-electron chi connectivity index (χ1n) is 8.60. The number of carbonyl (C=O) groups excluding carboxylic acids is 2. The van der Waals surface area contributed by atoms with Crippen molar-refractivity contribution in [3.63, 3.8) is 0 Å². The number of hydrogen-bond acceptors (Lipinski definition) is 3. The van der Waals surface area contributed by atoms with Crippen molar-refractivity contribution in [3.05, 3.63) is 59.1 Å². The van der Waals surface area contributed by atoms with Gasteiger partial charge in [-0.3, -0.25) is 9.59 Å². The molecule has 0 bridgehead atoms. The summed E-state index contributed by atoms with van der Waals surface area (Å²) in [4.78, 5) is 23.5. The van der Waals surface area contributed by atoms with Gasteiger partial charge in [-0.2, -0.15) is 0 Å². The first-order chi connectivity index (χ1) is 12.6. The van der Waals surface area contributed by atoms with Gasteiger partial charge in [-0.15, -0.1) is 0 Å². The fourth-order valence-corrected chi connectivity index (χ4v) is 2.33. The lowest BCUT2D eigenvalue weighted by molar-refractivity contribution is -0.126. The van der Waals surface area contributed by atoms with E-state index in [1.807, 2.05) is 31.2 Å². The second-order valence-corrected chi connectivity index (χ2v) is 6.30. The molecule has 0 aliphatic rings. The number of benzene rings is 2. The average molecular weight is 375 g/mol. The highest BCUT2D eigenvalue weighted by molar-refractivity contribution is 6.30. The van der Waals surface area contributed by atoms with E-state index in [4.69, 9.17) is 16.3 Å². The molecule has 2 aromatic rings. The van der Waals surface area contributed by atoms with Crippen molar-refractivity contribution in [2.45, 2.75) is 32.8 Å². The van der Waals surface area contributed by atoms with Crippen LogP contribution in [0.4, 0.5) is 5.69 Å². The Morgan fingerprint density at radius 2 is 1.69 bits per heavy atom. The fraction of sp³-hybridized carbons (Fsp3) is 0.300. The first kappa shape index (κ1) is 19.8. The summed E-state index contributed by atoms with van der Waals surface area (Å²) >= 11 is 5.85. The number of rotatable bonds is 9. The van der Waals surface area contributed by atoms with Crippen molar-refractivity contribution >= 4 is 29.1 Å². The number of halogens is 1. The zero-order chi connectivity index (χ0) is 18.8. The lowest BCUT2D eigenvalue weighted by Gasteiger charge is -2.09. The van der Waals surface area contributed by atoms with E-state index in [1.165, 1.54) is 0 Å². The van der Waals surface area contributed by atoms with Crippen molar-refractivity contribution in [2.24, 2.45) is 0 Å². The molecule has 0 fully saturated rings. The highest BCUT2D eigenvalue weighted by Gasteiger charge is 2.09. The highest BCUT2D eigenvalue weighted by atomic mass is 35.5. The normalized spacial score (nSPS) is 10.2. The van der Waals surface area contributed by atoms with Crippen LogP contribution in [0.2, 0.25) is 5.02 Å². The Hall–Kier alpha value is -2.53. The Morgan fingerprint density at radius 3 is 2.35 bits per heavy atom. The standard InChI is InChI=1S/C20H23ClN2O3/c1-2-3-12-22-19(24)13-20(25)23-17-8-10-18(11-9-17)26-14-15-4-6-16(21)7-5-15/h4-11H,2-3,12-14H2,1H3,(H,22,24)(H,23,25). The number of carbonyl (C=O) groups is 2. The summed E-state index contributed by atoms with van der Waals surface area (Å²) in [5.41, 5.74) is 1.64. The van der Waals surface area contributed by atoms with E-state index in [2.05, 4.69) is 10.6 Å². The third-order valence-corrected chi connectivity index (χ3v) is 3.88. The average Bonchev–Trinajstić information content (AvgIpc) is 2.62. The number of unbranched alkanes of at least 4 members (excludes halogenated alkanes) is 1. The Labute approximate surface area is 158 Å². The summed E-state index contributed by atoms with van der Waals surface area (Å²) in [5, 5.41) is 6.11. The molecule has 0 saturated heterocycles. The molecule has 6 heteroatoms. The lowest BCUT2D eigenvalue weighted by atomic mass is 10.2. The van der Waals surface area contributed by atoms with Crippen LogP contribution in [-0.4, -0.2) is 18.4 Å². The van der Waals surface area contributed by atoms with Gasteiger partial charge in [0.2, 0.25) is 11.8 Å². The van der Waals surface area contributed by atoms with Crippen LogP contribution in [-0.2, 0) is 16.2 Å². The first-order valence-corrected chi connectivity index (χ1v) is 8.98. The zero-order valence-corrected chi connectivity index (χ0v) is 15.5. The van der Waals surface area contributed by atoms with Gasteiger partial charge in [0.05, 0.1) is 0 Å². The van der Waals surface area contributed by atoms with Crippen LogP contribution < -0.4 is 15.4 Å². The molecule has 2 aromatic carbocycles. The molecule has 0 unspecified atom stereocenters. The number of amides is 2. The molecule has 5 nitrogen and oxygen atoms in total. The van der Waals surface area contributed by atoms with Crippen LogP contribution in [0.15, 0.2) is 48.5 Å². The van der Waals surface area contributed by atoms with E-state index in [9.17, 15) is 9.59 Å². The minimum absolute atomic E-state index is 0.182. The van der Waals surface area contributed by atoms with Crippen molar-refractivity contribution in [1.82, 2.24) is 5.32 Å². The van der Waals surface area contributed by atoms with E-state index < -0.39 is 0 Å². The maximum Gasteiger partial charge on any atom is 0.233 e. The topological polar surface area (TPSA) is 67.4 Å². The molecule has 0 radical (unpaired) electrons. The molecule has 0 spiro atoms. The van der Waals surface area contributed by atoms with Crippen molar-refractivity contribution in [3.8, 4) is 5.75 Å². The summed E-state index contributed by atoms with van der Waals surface area (Å²) in [5.74, 6) is 0.0861. The number of nitrogens with one attached hydrogen (secondary N) is 2. The zero-order valence-electron chi connectivity index (χ0n) is 14.8. The summed E-state index contributed by atoms with van der Waals surface area (Å²) in [6.45, 7) is 3.07. The van der Waals surface area contributed by atoms with Gasteiger partial charge < -0.3 is 15.4 Å². The molecule has 0 saturated carbocycles. The fourth-order valence-electron chi connectivity index (χ4n) is 2.20. The van der Waals surface area contributed by atoms with Gasteiger partial charge in [0.1, 0.15) is 18.8 Å². The maximum atomic E-state index is 11.9. The molecular formula is C20H23ClN2O3. The van der Waals surface area contributed by atoms with Crippen LogP contribution in [0.5, 0.6) is 5.75 Å². The van der Waals surface area contributed by atoms with Gasteiger partial charge in [0.15, 0.2) is 0 Å². The van der Waals surface area contributed by atoms with Gasteiger partial charge in [0, 0.05) is 17.3 Å². The van der Waals surface area contributed by atoms with Gasteiger partial charge in [-0.05, 0) is 48.4 Å². The van der Waals surface area contributed by atoms with Crippen LogP contribution in [0.25, 0.3) is 0 Å². The number of hydrogen-bond donors (Lipinski definition) is 2. The predicted molar refractivity (Wildman–Crippen MR) is 103 cm³/mol. The van der Waals surface area contributed by atoms with E-state index in [-0.39, 0.29) is 18.2 Å². The summed E-state index contributed by atoms with van der Waals surface area (Å²) in [6, 6.07) is 14.5. The van der Waals surface area contributed by atoms with Gasteiger partial charge >= 0.3 is 0 Å². The molecule has 0 aromatic heterocycles. The molecule has 0 atom stereocenters. The van der Waals surface area contributed by atoms with Gasteiger partial charge in [0.25, 0.3) is 0 Å². The third kappa shape index (κ3) is 7.15.